The second kappa shape index (κ2) is 8.39. The quantitative estimate of drug-likeness (QED) is 0.364. The summed E-state index contributed by atoms with van der Waals surface area (Å²) in [5, 5.41) is 1.04. The molecule has 0 saturated heterocycles. The fourth-order valence-corrected chi connectivity index (χ4v) is 3.73. The van der Waals surface area contributed by atoms with Crippen molar-refractivity contribution in [3.63, 3.8) is 0 Å². The number of nitrogens with zero attached hydrogens (tertiary/aromatic N) is 2. The van der Waals surface area contributed by atoms with Gasteiger partial charge in [-0.15, -0.1) is 0 Å². The van der Waals surface area contributed by atoms with E-state index in [0.29, 0.717) is 22.7 Å². The first kappa shape index (κ1) is 19.2. The molecule has 1 aromatic heterocycles. The van der Waals surface area contributed by atoms with Gasteiger partial charge in [-0.2, -0.15) is 0 Å². The first-order chi connectivity index (χ1) is 13.0. The normalized spacial score (nSPS) is 11.1. The molecule has 27 heavy (non-hydrogen) atoms. The van der Waals surface area contributed by atoms with Gasteiger partial charge in [0.25, 0.3) is 5.56 Å². The maximum absolute atomic E-state index is 13.3. The third-order valence-electron chi connectivity index (χ3n) is 4.17. The van der Waals surface area contributed by atoms with E-state index in [1.54, 1.807) is 17.6 Å². The Bertz CT molecular complexity index is 1030. The van der Waals surface area contributed by atoms with Crippen molar-refractivity contribution in [1.29, 1.82) is 0 Å². The van der Waals surface area contributed by atoms with Gasteiger partial charge in [0, 0.05) is 0 Å². The van der Waals surface area contributed by atoms with Gasteiger partial charge in [-0.05, 0) is 36.6 Å². The lowest BCUT2D eigenvalue weighted by Gasteiger charge is -2.18. The highest BCUT2D eigenvalue weighted by Crippen LogP contribution is 2.27. The Morgan fingerprint density at radius 2 is 1.85 bits per heavy atom. The van der Waals surface area contributed by atoms with Gasteiger partial charge < -0.3 is 4.74 Å². The number of ether oxygens (including phenoxy) is 1. The third-order valence-corrected chi connectivity index (χ3v) is 5.08. The van der Waals surface area contributed by atoms with Crippen LogP contribution in [-0.4, -0.2) is 27.9 Å². The average molecular weight is 382 g/mol. The van der Waals surface area contributed by atoms with E-state index in [0.717, 1.165) is 11.3 Å². The van der Waals surface area contributed by atoms with Crippen molar-refractivity contribution in [2.75, 3.05) is 12.4 Å². The molecule has 3 rings (SSSR count). The molecular formula is C21H22N2O3S. The summed E-state index contributed by atoms with van der Waals surface area (Å²) in [5.41, 5.74) is 2.32. The van der Waals surface area contributed by atoms with Gasteiger partial charge in [0.2, 0.25) is 0 Å². The summed E-state index contributed by atoms with van der Waals surface area (Å²) >= 11 is 1.22. The molecule has 0 N–H and O–H groups in total. The number of carbonyl (C=O) groups is 1. The SMILES string of the molecule is CCOC(=O)CSc1nc2ccccc2c(=O)n1-c1ccccc1C(C)C. The number of thioether (sulfide) groups is 1. The van der Waals surface area contributed by atoms with Crippen LogP contribution in [0.15, 0.2) is 58.5 Å². The molecule has 0 fully saturated rings. The molecule has 0 amide bonds. The Morgan fingerprint density at radius 3 is 2.59 bits per heavy atom. The molecule has 0 aliphatic heterocycles. The summed E-state index contributed by atoms with van der Waals surface area (Å²) in [5.74, 6) is 0.0127. The molecule has 2 aromatic carbocycles. The predicted molar refractivity (Wildman–Crippen MR) is 109 cm³/mol. The number of hydrogen-bond acceptors (Lipinski definition) is 5. The molecule has 1 heterocycles. The van der Waals surface area contributed by atoms with E-state index in [-0.39, 0.29) is 23.2 Å². The summed E-state index contributed by atoms with van der Waals surface area (Å²) < 4.78 is 6.63. The largest absolute Gasteiger partial charge is 0.465 e. The van der Waals surface area contributed by atoms with Gasteiger partial charge in [-0.3, -0.25) is 14.2 Å². The highest BCUT2D eigenvalue weighted by atomic mass is 32.2. The van der Waals surface area contributed by atoms with Crippen LogP contribution >= 0.6 is 11.8 Å². The Labute approximate surface area is 162 Å². The third kappa shape index (κ3) is 4.06. The highest BCUT2D eigenvalue weighted by Gasteiger charge is 2.18. The molecule has 3 aromatic rings. The van der Waals surface area contributed by atoms with Crippen molar-refractivity contribution < 1.29 is 9.53 Å². The fourth-order valence-electron chi connectivity index (χ4n) is 2.93. The minimum atomic E-state index is -0.325. The number of benzene rings is 2. The number of fused-ring (bicyclic) bond motifs is 1. The smallest absolute Gasteiger partial charge is 0.316 e. The highest BCUT2D eigenvalue weighted by molar-refractivity contribution is 7.99. The van der Waals surface area contributed by atoms with Crippen LogP contribution in [0.4, 0.5) is 0 Å². The number of esters is 1. The molecule has 0 aliphatic rings. The molecule has 5 nitrogen and oxygen atoms in total. The Kier molecular flexibility index (Phi) is 5.96. The van der Waals surface area contributed by atoms with E-state index >= 15 is 0 Å². The van der Waals surface area contributed by atoms with Crippen molar-refractivity contribution in [3.05, 3.63) is 64.4 Å². The van der Waals surface area contributed by atoms with Crippen molar-refractivity contribution in [2.24, 2.45) is 0 Å². The van der Waals surface area contributed by atoms with Gasteiger partial charge in [0.1, 0.15) is 0 Å². The lowest BCUT2D eigenvalue weighted by atomic mass is 10.0. The van der Waals surface area contributed by atoms with Crippen LogP contribution in [0.2, 0.25) is 0 Å². The zero-order valence-corrected chi connectivity index (χ0v) is 16.5. The Balaban J connectivity index is 2.20. The van der Waals surface area contributed by atoms with Crippen LogP contribution in [-0.2, 0) is 9.53 Å². The van der Waals surface area contributed by atoms with Crippen molar-refractivity contribution in [2.45, 2.75) is 31.8 Å². The number of rotatable bonds is 6. The first-order valence-corrected chi connectivity index (χ1v) is 9.91. The van der Waals surface area contributed by atoms with Crippen LogP contribution in [0.5, 0.6) is 0 Å². The maximum Gasteiger partial charge on any atom is 0.316 e. The lowest BCUT2D eigenvalue weighted by molar-refractivity contribution is -0.139. The Hall–Kier alpha value is -2.60. The number of aromatic nitrogens is 2. The van der Waals surface area contributed by atoms with E-state index in [4.69, 9.17) is 4.74 Å². The van der Waals surface area contributed by atoms with Crippen LogP contribution < -0.4 is 5.56 Å². The molecule has 0 spiro atoms. The summed E-state index contributed by atoms with van der Waals surface area (Å²) in [6, 6.07) is 15.1. The van der Waals surface area contributed by atoms with Crippen molar-refractivity contribution in [3.8, 4) is 5.69 Å². The minimum absolute atomic E-state index is 0.0997. The van der Waals surface area contributed by atoms with Crippen LogP contribution in [0.1, 0.15) is 32.3 Å². The van der Waals surface area contributed by atoms with E-state index in [1.165, 1.54) is 11.8 Å². The second-order valence-electron chi connectivity index (χ2n) is 6.36. The van der Waals surface area contributed by atoms with Gasteiger partial charge in [0.15, 0.2) is 5.16 Å². The van der Waals surface area contributed by atoms with E-state index in [9.17, 15) is 9.59 Å². The van der Waals surface area contributed by atoms with Crippen molar-refractivity contribution in [1.82, 2.24) is 9.55 Å². The summed E-state index contributed by atoms with van der Waals surface area (Å²) in [6.07, 6.45) is 0. The van der Waals surface area contributed by atoms with Gasteiger partial charge in [0.05, 0.1) is 29.0 Å². The number of carbonyl (C=O) groups excluding carboxylic acids is 1. The summed E-state index contributed by atoms with van der Waals surface area (Å²) in [7, 11) is 0. The van der Waals surface area contributed by atoms with E-state index in [1.807, 2.05) is 42.5 Å². The predicted octanol–water partition coefficient (Wildman–Crippen LogP) is 4.16. The van der Waals surface area contributed by atoms with E-state index < -0.39 is 0 Å². The van der Waals surface area contributed by atoms with Crippen molar-refractivity contribution >= 4 is 28.6 Å². The molecule has 0 aliphatic carbocycles. The summed E-state index contributed by atoms with van der Waals surface area (Å²) in [6.45, 7) is 6.27. The average Bonchev–Trinajstić information content (AvgIpc) is 2.67. The number of para-hydroxylation sites is 2. The molecule has 140 valence electrons. The fraction of sp³-hybridized carbons (Fsp3) is 0.286. The minimum Gasteiger partial charge on any atom is -0.465 e. The zero-order chi connectivity index (χ0) is 19.4. The molecule has 0 unspecified atom stereocenters. The standard InChI is InChI=1S/C21H22N2O3S/c1-4-26-19(24)13-27-21-22-17-11-7-5-10-16(17)20(25)23(21)18-12-8-6-9-15(18)14(2)3/h5-12,14H,4,13H2,1-3H3. The topological polar surface area (TPSA) is 61.2 Å². The van der Waals surface area contributed by atoms with Crippen LogP contribution in [0.3, 0.4) is 0 Å². The van der Waals surface area contributed by atoms with Gasteiger partial charge >= 0.3 is 5.97 Å². The molecular weight excluding hydrogens is 360 g/mol. The maximum atomic E-state index is 13.3. The number of hydrogen-bond donors (Lipinski definition) is 0. The van der Waals surface area contributed by atoms with Gasteiger partial charge in [-0.25, -0.2) is 4.98 Å². The van der Waals surface area contributed by atoms with Crippen LogP contribution in [0, 0.1) is 0 Å². The first-order valence-electron chi connectivity index (χ1n) is 8.92. The monoisotopic (exact) mass is 382 g/mol. The lowest BCUT2D eigenvalue weighted by Crippen LogP contribution is -2.23. The second-order valence-corrected chi connectivity index (χ2v) is 7.30. The molecule has 0 radical (unpaired) electrons. The molecule has 0 atom stereocenters. The molecule has 0 bridgehead atoms. The Morgan fingerprint density at radius 1 is 1.15 bits per heavy atom. The van der Waals surface area contributed by atoms with E-state index in [2.05, 4.69) is 18.8 Å². The van der Waals surface area contributed by atoms with Crippen LogP contribution in [0.25, 0.3) is 16.6 Å². The molecule has 6 heteroatoms. The van der Waals surface area contributed by atoms with Gasteiger partial charge in [-0.1, -0.05) is 55.9 Å². The summed E-state index contributed by atoms with van der Waals surface area (Å²) in [4.78, 5) is 29.8. The zero-order valence-electron chi connectivity index (χ0n) is 15.6. The molecule has 0 saturated carbocycles.